The van der Waals surface area contributed by atoms with Crippen molar-refractivity contribution in [2.45, 2.75) is 33.6 Å². The van der Waals surface area contributed by atoms with Gasteiger partial charge in [-0.05, 0) is 25.5 Å². The van der Waals surface area contributed by atoms with Gasteiger partial charge in [-0.2, -0.15) is 0 Å². The average Bonchev–Trinajstić information content (AvgIpc) is 2.37. The van der Waals surface area contributed by atoms with E-state index in [1.165, 1.54) is 0 Å². The minimum Gasteiger partial charge on any atom is -0.306 e. The first kappa shape index (κ1) is 13.4. The molecule has 1 aliphatic heterocycles. The Kier molecular flexibility index (Phi) is 4.88. The highest BCUT2D eigenvalue weighted by molar-refractivity contribution is 6.41. The zero-order valence-corrected chi connectivity index (χ0v) is 10.7. The topological polar surface area (TPSA) is 37.4 Å². The van der Waals surface area contributed by atoms with Crippen molar-refractivity contribution in [2.75, 3.05) is 11.4 Å². The molecule has 1 saturated heterocycles. The highest BCUT2D eigenvalue weighted by Gasteiger charge is 2.26. The van der Waals surface area contributed by atoms with Gasteiger partial charge < -0.3 is 4.90 Å². The second-order valence-electron chi connectivity index (χ2n) is 3.82. The van der Waals surface area contributed by atoms with Crippen LogP contribution in [0.25, 0.3) is 0 Å². The van der Waals surface area contributed by atoms with Crippen LogP contribution in [0.1, 0.15) is 32.3 Å². The summed E-state index contributed by atoms with van der Waals surface area (Å²) in [5.41, 5.74) is 1.97. The van der Waals surface area contributed by atoms with Gasteiger partial charge in [-0.1, -0.05) is 31.5 Å². The predicted molar refractivity (Wildman–Crippen MR) is 69.1 cm³/mol. The van der Waals surface area contributed by atoms with Crippen molar-refractivity contribution in [1.82, 2.24) is 0 Å². The van der Waals surface area contributed by atoms with Crippen molar-refractivity contribution in [3.05, 3.63) is 29.8 Å². The molecule has 92 valence electrons. The summed E-state index contributed by atoms with van der Waals surface area (Å²) in [7, 11) is 0. The molecule has 0 bridgehead atoms. The number of benzene rings is 1. The van der Waals surface area contributed by atoms with Gasteiger partial charge in [0, 0.05) is 18.7 Å². The molecule has 0 atom stereocenters. The van der Waals surface area contributed by atoms with Crippen LogP contribution in [-0.2, 0) is 9.59 Å². The number of amides is 1. The molecule has 1 heterocycles. The summed E-state index contributed by atoms with van der Waals surface area (Å²) in [6.45, 7) is 6.64. The third-order valence-corrected chi connectivity index (χ3v) is 2.61. The minimum absolute atomic E-state index is 0.276. The summed E-state index contributed by atoms with van der Waals surface area (Å²) in [5, 5.41) is 0. The number of nitrogens with zero attached hydrogens (tertiary/aromatic N) is 1. The number of hydrogen-bond donors (Lipinski definition) is 0. The molecule has 3 heteroatoms. The third kappa shape index (κ3) is 3.16. The van der Waals surface area contributed by atoms with Crippen molar-refractivity contribution in [3.63, 3.8) is 0 Å². The van der Waals surface area contributed by atoms with E-state index in [1.807, 2.05) is 45.0 Å². The molecule has 0 unspecified atom stereocenters. The Morgan fingerprint density at radius 2 is 1.65 bits per heavy atom. The van der Waals surface area contributed by atoms with Gasteiger partial charge in [-0.25, -0.2) is 0 Å². The standard InChI is InChI=1S/C12H13NO2.C2H6/c1-9-4-6-10(7-5-9)13-8-2-3-11(14)12(13)15;1-2/h4-7H,2-3,8H2,1H3;1-2H3. The molecule has 3 nitrogen and oxygen atoms in total. The van der Waals surface area contributed by atoms with E-state index >= 15 is 0 Å². The lowest BCUT2D eigenvalue weighted by Crippen LogP contribution is -2.41. The lowest BCUT2D eigenvalue weighted by molar-refractivity contribution is -0.137. The molecule has 2 rings (SSSR count). The summed E-state index contributed by atoms with van der Waals surface area (Å²) < 4.78 is 0. The maximum Gasteiger partial charge on any atom is 0.294 e. The summed E-state index contributed by atoms with van der Waals surface area (Å²) in [6, 6.07) is 7.65. The van der Waals surface area contributed by atoms with E-state index < -0.39 is 0 Å². The maximum atomic E-state index is 11.6. The Morgan fingerprint density at radius 3 is 2.24 bits per heavy atom. The second kappa shape index (κ2) is 6.18. The van der Waals surface area contributed by atoms with Gasteiger partial charge in [-0.15, -0.1) is 0 Å². The number of anilines is 1. The molecule has 0 saturated carbocycles. The number of aryl methyl sites for hydroxylation is 1. The van der Waals surface area contributed by atoms with Crippen molar-refractivity contribution < 1.29 is 9.59 Å². The number of carbonyl (C=O) groups excluding carboxylic acids is 2. The van der Waals surface area contributed by atoms with E-state index in [9.17, 15) is 9.59 Å². The summed E-state index contributed by atoms with van der Waals surface area (Å²) in [6.07, 6.45) is 1.15. The lowest BCUT2D eigenvalue weighted by Gasteiger charge is -2.25. The van der Waals surface area contributed by atoms with Gasteiger partial charge in [-0.3, -0.25) is 9.59 Å². The minimum atomic E-state index is -0.370. The summed E-state index contributed by atoms with van der Waals surface area (Å²) >= 11 is 0. The summed E-state index contributed by atoms with van der Waals surface area (Å²) in [4.78, 5) is 24.4. The van der Waals surface area contributed by atoms with Crippen molar-refractivity contribution in [3.8, 4) is 0 Å². The number of ketones is 1. The Balaban J connectivity index is 0.000000686. The van der Waals surface area contributed by atoms with Crippen LogP contribution in [0.3, 0.4) is 0 Å². The Bertz CT molecular complexity index is 395. The van der Waals surface area contributed by atoms with Crippen LogP contribution < -0.4 is 4.90 Å². The van der Waals surface area contributed by atoms with Crippen LogP contribution in [-0.4, -0.2) is 18.2 Å². The van der Waals surface area contributed by atoms with Gasteiger partial charge in [0.05, 0.1) is 0 Å². The first-order chi connectivity index (χ1) is 8.18. The largest absolute Gasteiger partial charge is 0.306 e. The Hall–Kier alpha value is -1.64. The number of Topliss-reactive ketones (excluding diaryl/α,β-unsaturated/α-hetero) is 1. The highest BCUT2D eigenvalue weighted by atomic mass is 16.2. The van der Waals surface area contributed by atoms with Crippen LogP contribution in [0, 0.1) is 6.92 Å². The van der Waals surface area contributed by atoms with Crippen molar-refractivity contribution in [1.29, 1.82) is 0 Å². The van der Waals surface area contributed by atoms with Crippen molar-refractivity contribution in [2.24, 2.45) is 0 Å². The van der Waals surface area contributed by atoms with Crippen LogP contribution in [0.5, 0.6) is 0 Å². The van der Waals surface area contributed by atoms with Crippen molar-refractivity contribution >= 4 is 17.4 Å². The SMILES string of the molecule is CC.Cc1ccc(N2CCCC(=O)C2=O)cc1. The smallest absolute Gasteiger partial charge is 0.294 e. The van der Waals surface area contributed by atoms with E-state index in [0.717, 1.165) is 17.7 Å². The van der Waals surface area contributed by atoms with Crippen LogP contribution in [0.4, 0.5) is 5.69 Å². The molecular formula is C14H19NO2. The fraction of sp³-hybridized carbons (Fsp3) is 0.429. The quantitative estimate of drug-likeness (QED) is 0.699. The fourth-order valence-electron chi connectivity index (χ4n) is 1.73. The molecule has 1 amide bonds. The first-order valence-corrected chi connectivity index (χ1v) is 6.10. The van der Waals surface area contributed by atoms with Gasteiger partial charge in [0.15, 0.2) is 0 Å². The highest BCUT2D eigenvalue weighted by Crippen LogP contribution is 2.19. The fourth-order valence-corrected chi connectivity index (χ4v) is 1.73. The van der Waals surface area contributed by atoms with Crippen LogP contribution in [0.15, 0.2) is 24.3 Å². The molecule has 1 aliphatic rings. The average molecular weight is 233 g/mol. The van der Waals surface area contributed by atoms with Crippen LogP contribution in [0.2, 0.25) is 0 Å². The summed E-state index contributed by atoms with van der Waals surface area (Å²) in [5.74, 6) is -0.646. The maximum absolute atomic E-state index is 11.6. The van der Waals surface area contributed by atoms with E-state index in [-0.39, 0.29) is 11.7 Å². The zero-order chi connectivity index (χ0) is 12.8. The van der Waals surface area contributed by atoms with E-state index in [1.54, 1.807) is 4.90 Å². The molecule has 0 aromatic heterocycles. The van der Waals surface area contributed by atoms with Gasteiger partial charge in [0.25, 0.3) is 5.91 Å². The molecule has 0 N–H and O–H groups in total. The van der Waals surface area contributed by atoms with Gasteiger partial charge in [0.1, 0.15) is 0 Å². The molecule has 1 aromatic rings. The van der Waals surface area contributed by atoms with E-state index in [4.69, 9.17) is 0 Å². The molecule has 0 spiro atoms. The van der Waals surface area contributed by atoms with E-state index in [2.05, 4.69) is 0 Å². The normalized spacial score (nSPS) is 15.4. The second-order valence-corrected chi connectivity index (χ2v) is 3.82. The van der Waals surface area contributed by atoms with E-state index in [0.29, 0.717) is 13.0 Å². The number of rotatable bonds is 1. The molecule has 1 fully saturated rings. The number of hydrogen-bond acceptors (Lipinski definition) is 2. The van der Waals surface area contributed by atoms with Crippen LogP contribution >= 0.6 is 0 Å². The zero-order valence-electron chi connectivity index (χ0n) is 10.7. The lowest BCUT2D eigenvalue weighted by atomic mass is 10.1. The molecule has 0 radical (unpaired) electrons. The Morgan fingerprint density at radius 1 is 1.06 bits per heavy atom. The molecular weight excluding hydrogens is 214 g/mol. The monoisotopic (exact) mass is 233 g/mol. The van der Waals surface area contributed by atoms with Gasteiger partial charge >= 0.3 is 0 Å². The number of piperidine rings is 1. The first-order valence-electron chi connectivity index (χ1n) is 6.10. The van der Waals surface area contributed by atoms with Gasteiger partial charge in [0.2, 0.25) is 5.78 Å². The Labute approximate surface area is 102 Å². The third-order valence-electron chi connectivity index (χ3n) is 2.61. The predicted octanol–water partition coefficient (Wildman–Crippen LogP) is 2.72. The molecule has 1 aromatic carbocycles. The molecule has 0 aliphatic carbocycles. The number of carbonyl (C=O) groups is 2. The molecule has 17 heavy (non-hydrogen) atoms.